The number of Topliss-reactive ketones (excluding diaryl/α,β-unsaturated/α-hetero) is 1. The molecule has 134 valence electrons. The average Bonchev–Trinajstić information content (AvgIpc) is 2.76. The highest BCUT2D eigenvalue weighted by Crippen LogP contribution is 2.23. The van der Waals surface area contributed by atoms with Crippen LogP contribution < -0.4 is 10.9 Å². The first-order valence-electron chi connectivity index (χ1n) is 8.34. The third-order valence-electron chi connectivity index (χ3n) is 3.92. The van der Waals surface area contributed by atoms with Gasteiger partial charge in [-0.15, -0.1) is 11.3 Å². The van der Waals surface area contributed by atoms with E-state index in [4.69, 9.17) is 9.47 Å². The van der Waals surface area contributed by atoms with Gasteiger partial charge in [0.25, 0.3) is 0 Å². The lowest BCUT2D eigenvalue weighted by Crippen LogP contribution is -2.28. The minimum atomic E-state index is -1.02. The molecule has 0 atom stereocenters. The molecule has 0 aliphatic rings. The van der Waals surface area contributed by atoms with Crippen molar-refractivity contribution in [3.63, 3.8) is 0 Å². The Labute approximate surface area is 153 Å². The molecule has 1 heterocycles. The van der Waals surface area contributed by atoms with Crippen LogP contribution in [0.4, 0.5) is 0 Å². The van der Waals surface area contributed by atoms with Crippen LogP contribution in [0.5, 0.6) is 0 Å². The fourth-order valence-electron chi connectivity index (χ4n) is 2.69. The SMILES string of the molecule is CCOC(OCC)C(=O)c1ccc2sc3ccccc3c(=O)c(=O)c2c1. The molecule has 0 aliphatic heterocycles. The molecule has 3 rings (SSSR count). The van der Waals surface area contributed by atoms with Crippen molar-refractivity contribution in [1.82, 2.24) is 0 Å². The summed E-state index contributed by atoms with van der Waals surface area (Å²) in [6.07, 6.45) is -1.02. The lowest BCUT2D eigenvalue weighted by Gasteiger charge is -2.15. The highest BCUT2D eigenvalue weighted by atomic mass is 32.1. The van der Waals surface area contributed by atoms with Crippen LogP contribution >= 0.6 is 11.3 Å². The van der Waals surface area contributed by atoms with Gasteiger partial charge in [-0.25, -0.2) is 0 Å². The van der Waals surface area contributed by atoms with Crippen molar-refractivity contribution >= 4 is 37.3 Å². The summed E-state index contributed by atoms with van der Waals surface area (Å²) >= 11 is 1.34. The van der Waals surface area contributed by atoms with Gasteiger partial charge in [0.2, 0.25) is 22.9 Å². The van der Waals surface area contributed by atoms with Crippen molar-refractivity contribution in [2.45, 2.75) is 20.1 Å². The molecule has 0 N–H and O–H groups in total. The van der Waals surface area contributed by atoms with Gasteiger partial charge in [-0.2, -0.15) is 0 Å². The molecule has 0 amide bonds. The molecule has 0 spiro atoms. The maximum Gasteiger partial charge on any atom is 0.235 e. The number of fused-ring (bicyclic) bond motifs is 2. The minimum Gasteiger partial charge on any atom is -0.346 e. The van der Waals surface area contributed by atoms with Crippen LogP contribution in [-0.4, -0.2) is 25.3 Å². The first kappa shape index (κ1) is 18.4. The van der Waals surface area contributed by atoms with Crippen molar-refractivity contribution in [1.29, 1.82) is 0 Å². The Morgan fingerprint density at radius 3 is 2.23 bits per heavy atom. The number of carbonyl (C=O) groups is 1. The van der Waals surface area contributed by atoms with Gasteiger partial charge in [0.15, 0.2) is 0 Å². The predicted octanol–water partition coefficient (Wildman–Crippen LogP) is 3.36. The normalized spacial score (nSPS) is 11.3. The second kappa shape index (κ2) is 7.86. The summed E-state index contributed by atoms with van der Waals surface area (Å²) in [7, 11) is 0. The molecule has 0 bridgehead atoms. The minimum absolute atomic E-state index is 0.230. The van der Waals surface area contributed by atoms with Crippen LogP contribution in [-0.2, 0) is 9.47 Å². The van der Waals surface area contributed by atoms with E-state index >= 15 is 0 Å². The van der Waals surface area contributed by atoms with E-state index in [-0.39, 0.29) is 16.7 Å². The van der Waals surface area contributed by atoms with E-state index in [1.165, 1.54) is 17.4 Å². The number of rotatable bonds is 6. The highest BCUT2D eigenvalue weighted by Gasteiger charge is 2.21. The molecule has 0 fully saturated rings. The Morgan fingerprint density at radius 1 is 0.923 bits per heavy atom. The van der Waals surface area contributed by atoms with Crippen LogP contribution in [0.3, 0.4) is 0 Å². The van der Waals surface area contributed by atoms with Gasteiger partial charge >= 0.3 is 0 Å². The zero-order chi connectivity index (χ0) is 18.7. The Kier molecular flexibility index (Phi) is 5.56. The Morgan fingerprint density at radius 2 is 1.54 bits per heavy atom. The van der Waals surface area contributed by atoms with Crippen LogP contribution in [0, 0.1) is 0 Å². The first-order chi connectivity index (χ1) is 12.6. The van der Waals surface area contributed by atoms with Gasteiger partial charge in [0.1, 0.15) is 0 Å². The summed E-state index contributed by atoms with van der Waals surface area (Å²) < 4.78 is 12.0. The number of ketones is 1. The number of ether oxygens (including phenoxy) is 2. The highest BCUT2D eigenvalue weighted by molar-refractivity contribution is 7.24. The Bertz CT molecular complexity index is 1080. The van der Waals surface area contributed by atoms with E-state index in [9.17, 15) is 14.4 Å². The lowest BCUT2D eigenvalue weighted by atomic mass is 10.1. The fourth-order valence-corrected chi connectivity index (χ4v) is 3.75. The van der Waals surface area contributed by atoms with Gasteiger partial charge in [-0.05, 0) is 44.2 Å². The van der Waals surface area contributed by atoms with Gasteiger partial charge in [-0.1, -0.05) is 12.1 Å². The molecule has 0 aliphatic carbocycles. The summed E-state index contributed by atoms with van der Waals surface area (Å²) in [5.74, 6) is -0.372. The second-order valence-corrected chi connectivity index (χ2v) is 6.66. The van der Waals surface area contributed by atoms with Gasteiger partial charge < -0.3 is 9.47 Å². The smallest absolute Gasteiger partial charge is 0.235 e. The molecule has 26 heavy (non-hydrogen) atoms. The summed E-state index contributed by atoms with van der Waals surface area (Å²) in [4.78, 5) is 37.8. The maximum atomic E-state index is 12.7. The Hall–Kier alpha value is -2.41. The molecule has 5 nitrogen and oxygen atoms in total. The van der Waals surface area contributed by atoms with E-state index in [0.29, 0.717) is 23.3 Å². The van der Waals surface area contributed by atoms with Crippen LogP contribution in [0.25, 0.3) is 20.2 Å². The summed E-state index contributed by atoms with van der Waals surface area (Å²) in [5, 5.41) is 0.613. The van der Waals surface area contributed by atoms with Crippen LogP contribution in [0.1, 0.15) is 24.2 Å². The molecule has 0 saturated heterocycles. The largest absolute Gasteiger partial charge is 0.346 e. The van der Waals surface area contributed by atoms with Crippen LogP contribution in [0.15, 0.2) is 52.1 Å². The topological polar surface area (TPSA) is 69.7 Å². The van der Waals surface area contributed by atoms with Gasteiger partial charge in [0.05, 0.1) is 0 Å². The molecule has 0 saturated carbocycles. The van der Waals surface area contributed by atoms with E-state index < -0.39 is 17.1 Å². The molecular weight excluding hydrogens is 352 g/mol. The zero-order valence-corrected chi connectivity index (χ0v) is 15.3. The lowest BCUT2D eigenvalue weighted by molar-refractivity contribution is -0.107. The number of carbonyl (C=O) groups excluding carboxylic acids is 1. The third-order valence-corrected chi connectivity index (χ3v) is 5.07. The van der Waals surface area contributed by atoms with Crippen molar-refractivity contribution in [2.75, 3.05) is 13.2 Å². The predicted molar refractivity (Wildman–Crippen MR) is 103 cm³/mol. The third kappa shape index (κ3) is 3.44. The average molecular weight is 370 g/mol. The zero-order valence-electron chi connectivity index (χ0n) is 14.5. The monoisotopic (exact) mass is 370 g/mol. The first-order valence-corrected chi connectivity index (χ1v) is 9.15. The van der Waals surface area contributed by atoms with E-state index in [1.54, 1.807) is 44.2 Å². The maximum absolute atomic E-state index is 12.7. The van der Waals surface area contributed by atoms with Crippen LogP contribution in [0.2, 0.25) is 0 Å². The summed E-state index contributed by atoms with van der Waals surface area (Å²) in [5.41, 5.74) is -0.901. The molecule has 6 heteroatoms. The van der Waals surface area contributed by atoms with Crippen molar-refractivity contribution < 1.29 is 14.3 Å². The number of benzene rings is 2. The summed E-state index contributed by atoms with van der Waals surface area (Å²) in [6, 6.07) is 11.8. The molecule has 2 aromatic carbocycles. The molecule has 0 unspecified atom stereocenters. The van der Waals surface area contributed by atoms with Gasteiger partial charge in [-0.3, -0.25) is 14.4 Å². The van der Waals surface area contributed by atoms with Crippen molar-refractivity contribution in [3.05, 3.63) is 68.5 Å². The molecular formula is C20H18O5S. The van der Waals surface area contributed by atoms with E-state index in [2.05, 4.69) is 0 Å². The Balaban J connectivity index is 2.22. The fraction of sp³-hybridized carbons (Fsp3) is 0.250. The van der Waals surface area contributed by atoms with Crippen molar-refractivity contribution in [3.8, 4) is 0 Å². The second-order valence-electron chi connectivity index (χ2n) is 5.57. The standard InChI is InChI=1S/C20H18O5S/c1-3-24-20(25-4-2)17(21)12-9-10-16-14(11-12)19(23)18(22)13-7-5-6-8-15(13)26-16/h5-11,20H,3-4H2,1-2H3. The molecule has 0 radical (unpaired) electrons. The number of hydrogen-bond acceptors (Lipinski definition) is 6. The van der Waals surface area contributed by atoms with E-state index in [0.717, 1.165) is 4.70 Å². The van der Waals surface area contributed by atoms with Gasteiger partial charge in [0, 0.05) is 38.9 Å². The quantitative estimate of drug-likeness (QED) is 0.378. The van der Waals surface area contributed by atoms with E-state index in [1.807, 2.05) is 6.07 Å². The summed E-state index contributed by atoms with van der Waals surface area (Å²) in [6.45, 7) is 4.19. The number of hydrogen-bond donors (Lipinski definition) is 0. The molecule has 3 aromatic rings. The molecule has 1 aromatic heterocycles. The van der Waals surface area contributed by atoms with Crippen molar-refractivity contribution in [2.24, 2.45) is 0 Å².